The summed E-state index contributed by atoms with van der Waals surface area (Å²) in [6.07, 6.45) is 1.82. The van der Waals surface area contributed by atoms with Gasteiger partial charge in [0.15, 0.2) is 5.11 Å². The van der Waals surface area contributed by atoms with Gasteiger partial charge in [-0.1, -0.05) is 18.2 Å². The number of ether oxygens (including phenoxy) is 3. The van der Waals surface area contributed by atoms with Crippen LogP contribution in [0.15, 0.2) is 48.2 Å². The van der Waals surface area contributed by atoms with E-state index in [1.165, 1.54) is 4.90 Å². The molecular formula is C24H27N3O4S. The molecule has 2 heterocycles. The smallest absolute Gasteiger partial charge is 0.281 e. The first-order valence-electron chi connectivity index (χ1n) is 10.7. The van der Waals surface area contributed by atoms with E-state index in [0.29, 0.717) is 28.9 Å². The highest BCUT2D eigenvalue weighted by Crippen LogP contribution is 2.32. The monoisotopic (exact) mass is 453 g/mol. The van der Waals surface area contributed by atoms with E-state index in [4.69, 9.17) is 26.4 Å². The fourth-order valence-electron chi connectivity index (χ4n) is 3.85. The lowest BCUT2D eigenvalue weighted by atomic mass is 10.1. The third-order valence-electron chi connectivity index (χ3n) is 5.40. The Morgan fingerprint density at radius 2 is 1.94 bits per heavy atom. The second-order valence-corrected chi connectivity index (χ2v) is 7.88. The van der Waals surface area contributed by atoms with Crippen LogP contribution >= 0.6 is 12.2 Å². The van der Waals surface area contributed by atoms with Crippen molar-refractivity contribution in [1.29, 1.82) is 0 Å². The topological polar surface area (TPSA) is 63.3 Å². The molecule has 0 aliphatic carbocycles. The molecule has 0 radical (unpaired) electrons. The Morgan fingerprint density at radius 3 is 2.69 bits per heavy atom. The number of rotatable bonds is 7. The molecule has 4 rings (SSSR count). The average molecular weight is 454 g/mol. The minimum absolute atomic E-state index is 0.215. The van der Waals surface area contributed by atoms with Crippen molar-refractivity contribution in [2.75, 3.05) is 44.9 Å². The predicted molar refractivity (Wildman–Crippen MR) is 128 cm³/mol. The number of nitrogens with zero attached hydrogens (tertiary/aromatic N) is 2. The maximum atomic E-state index is 13.2. The van der Waals surface area contributed by atoms with Gasteiger partial charge >= 0.3 is 0 Å². The molecule has 1 N–H and O–H groups in total. The number of carbonyl (C=O) groups excluding carboxylic acids is 1. The Hall–Kier alpha value is -2.94. The van der Waals surface area contributed by atoms with Gasteiger partial charge in [0.2, 0.25) is 0 Å². The highest BCUT2D eigenvalue weighted by atomic mass is 32.1. The summed E-state index contributed by atoms with van der Waals surface area (Å²) < 4.78 is 16.7. The molecule has 2 aromatic rings. The van der Waals surface area contributed by atoms with Crippen LogP contribution in [0.5, 0.6) is 11.5 Å². The zero-order valence-corrected chi connectivity index (χ0v) is 19.1. The number of methoxy groups -OCH3 is 1. The lowest BCUT2D eigenvalue weighted by Gasteiger charge is -2.27. The molecule has 2 aliphatic rings. The zero-order valence-electron chi connectivity index (χ0n) is 18.3. The lowest BCUT2D eigenvalue weighted by Crippen LogP contribution is -2.35. The first-order chi connectivity index (χ1) is 15.6. The van der Waals surface area contributed by atoms with Crippen molar-refractivity contribution in [2.24, 2.45) is 0 Å². The third kappa shape index (κ3) is 4.77. The van der Waals surface area contributed by atoms with Gasteiger partial charge in [-0.05, 0) is 55.0 Å². The van der Waals surface area contributed by atoms with Crippen LogP contribution in [0.2, 0.25) is 0 Å². The average Bonchev–Trinajstić information content (AvgIpc) is 3.08. The SMILES string of the molecule is CCOc1ccccc1N1C(=O)/C(=C\c2ccc(OC)c(CN3CCOCC3)c2)NC1=S. The van der Waals surface area contributed by atoms with Crippen LogP contribution in [0.4, 0.5) is 5.69 Å². The van der Waals surface area contributed by atoms with Crippen molar-refractivity contribution in [3.63, 3.8) is 0 Å². The van der Waals surface area contributed by atoms with Gasteiger partial charge in [0.05, 0.1) is 32.6 Å². The van der Waals surface area contributed by atoms with Gasteiger partial charge in [-0.2, -0.15) is 0 Å². The molecule has 0 aromatic heterocycles. The van der Waals surface area contributed by atoms with E-state index in [9.17, 15) is 4.79 Å². The maximum absolute atomic E-state index is 13.2. The van der Waals surface area contributed by atoms with Gasteiger partial charge in [-0.25, -0.2) is 4.90 Å². The molecule has 0 atom stereocenters. The molecule has 8 heteroatoms. The van der Waals surface area contributed by atoms with Gasteiger partial charge < -0.3 is 19.5 Å². The van der Waals surface area contributed by atoms with Crippen molar-refractivity contribution < 1.29 is 19.0 Å². The molecule has 2 aliphatic heterocycles. The van der Waals surface area contributed by atoms with Crippen LogP contribution in [-0.4, -0.2) is 55.9 Å². The highest BCUT2D eigenvalue weighted by molar-refractivity contribution is 7.80. The molecule has 2 saturated heterocycles. The van der Waals surface area contributed by atoms with Crippen molar-refractivity contribution in [2.45, 2.75) is 13.5 Å². The van der Waals surface area contributed by atoms with E-state index in [1.807, 2.05) is 49.4 Å². The summed E-state index contributed by atoms with van der Waals surface area (Å²) >= 11 is 5.47. The standard InChI is InChI=1S/C24H27N3O4S/c1-3-31-22-7-5-4-6-20(22)27-23(28)19(25-24(27)32)15-17-8-9-21(29-2)18(14-17)16-26-10-12-30-13-11-26/h4-9,14-15H,3,10-13,16H2,1-2H3,(H,25,32)/b19-15+. The van der Waals surface area contributed by atoms with E-state index in [0.717, 1.165) is 49.7 Å². The van der Waals surface area contributed by atoms with Gasteiger partial charge in [-0.15, -0.1) is 0 Å². The Morgan fingerprint density at radius 1 is 1.16 bits per heavy atom. The van der Waals surface area contributed by atoms with E-state index >= 15 is 0 Å². The summed E-state index contributed by atoms with van der Waals surface area (Å²) in [5.41, 5.74) is 3.01. The van der Waals surface area contributed by atoms with Crippen molar-refractivity contribution in [3.8, 4) is 11.5 Å². The molecule has 7 nitrogen and oxygen atoms in total. The number of para-hydroxylation sites is 2. The number of hydrogen-bond acceptors (Lipinski definition) is 6. The minimum Gasteiger partial charge on any atom is -0.496 e. The van der Waals surface area contributed by atoms with E-state index in [-0.39, 0.29) is 5.91 Å². The summed E-state index contributed by atoms with van der Waals surface area (Å²) in [6.45, 7) is 6.41. The first-order valence-corrected chi connectivity index (χ1v) is 11.1. The Kier molecular flexibility index (Phi) is 7.04. The number of carbonyl (C=O) groups is 1. The summed E-state index contributed by atoms with van der Waals surface area (Å²) in [7, 11) is 1.67. The normalized spacial score (nSPS) is 18.2. The summed E-state index contributed by atoms with van der Waals surface area (Å²) in [6, 6.07) is 13.3. The second kappa shape index (κ2) is 10.1. The molecule has 2 fully saturated rings. The van der Waals surface area contributed by atoms with Gasteiger partial charge in [0.25, 0.3) is 5.91 Å². The summed E-state index contributed by atoms with van der Waals surface area (Å²) in [5, 5.41) is 3.38. The number of nitrogens with one attached hydrogen (secondary N) is 1. The first kappa shape index (κ1) is 22.3. The van der Waals surface area contributed by atoms with Gasteiger partial charge in [0.1, 0.15) is 17.2 Å². The molecule has 168 valence electrons. The van der Waals surface area contributed by atoms with Crippen molar-refractivity contribution >= 4 is 35.0 Å². The number of hydrogen-bond donors (Lipinski definition) is 1. The van der Waals surface area contributed by atoms with Crippen LogP contribution < -0.4 is 19.7 Å². The Balaban J connectivity index is 1.59. The second-order valence-electron chi connectivity index (χ2n) is 7.49. The molecule has 1 amide bonds. The lowest BCUT2D eigenvalue weighted by molar-refractivity contribution is -0.113. The number of benzene rings is 2. The predicted octanol–water partition coefficient (Wildman–Crippen LogP) is 3.19. The minimum atomic E-state index is -0.215. The number of morpholine rings is 1. The van der Waals surface area contributed by atoms with E-state index in [2.05, 4.69) is 16.3 Å². The highest BCUT2D eigenvalue weighted by Gasteiger charge is 2.33. The van der Waals surface area contributed by atoms with Crippen LogP contribution in [0.1, 0.15) is 18.1 Å². The van der Waals surface area contributed by atoms with Crippen molar-refractivity contribution in [3.05, 3.63) is 59.3 Å². The Bertz CT molecular complexity index is 1030. The van der Waals surface area contributed by atoms with Crippen LogP contribution in [0, 0.1) is 0 Å². The van der Waals surface area contributed by atoms with E-state index in [1.54, 1.807) is 7.11 Å². The van der Waals surface area contributed by atoms with Crippen molar-refractivity contribution in [1.82, 2.24) is 10.2 Å². The van der Waals surface area contributed by atoms with Crippen LogP contribution in [0.3, 0.4) is 0 Å². The molecular weight excluding hydrogens is 426 g/mol. The fraction of sp³-hybridized carbons (Fsp3) is 0.333. The number of thiocarbonyl (C=S) groups is 1. The van der Waals surface area contributed by atoms with Crippen LogP contribution in [-0.2, 0) is 16.1 Å². The number of amides is 1. The largest absolute Gasteiger partial charge is 0.496 e. The van der Waals surface area contributed by atoms with Gasteiger partial charge in [-0.3, -0.25) is 9.69 Å². The summed E-state index contributed by atoms with van der Waals surface area (Å²) in [5.74, 6) is 1.23. The molecule has 0 saturated carbocycles. The van der Waals surface area contributed by atoms with Crippen LogP contribution in [0.25, 0.3) is 6.08 Å². The number of anilines is 1. The quantitative estimate of drug-likeness (QED) is 0.510. The Labute approximate surface area is 193 Å². The van der Waals surface area contributed by atoms with Gasteiger partial charge in [0, 0.05) is 25.2 Å². The molecule has 32 heavy (non-hydrogen) atoms. The maximum Gasteiger partial charge on any atom is 0.281 e. The fourth-order valence-corrected chi connectivity index (χ4v) is 4.14. The molecule has 0 bridgehead atoms. The zero-order chi connectivity index (χ0) is 22.5. The van der Waals surface area contributed by atoms with E-state index < -0.39 is 0 Å². The molecule has 2 aromatic carbocycles. The molecule has 0 unspecified atom stereocenters. The molecule has 0 spiro atoms. The third-order valence-corrected chi connectivity index (χ3v) is 5.68. The summed E-state index contributed by atoms with van der Waals surface area (Å²) in [4.78, 5) is 17.0.